The molecule has 1 aromatic carbocycles. The van der Waals surface area contributed by atoms with Gasteiger partial charge in [0.1, 0.15) is 0 Å². The van der Waals surface area contributed by atoms with Crippen molar-refractivity contribution in [3.63, 3.8) is 0 Å². The third-order valence-electron chi connectivity index (χ3n) is 0.667. The first-order valence-corrected chi connectivity index (χ1v) is 2.00. The van der Waals surface area contributed by atoms with Crippen LogP contribution in [0.5, 0.6) is 0 Å². The van der Waals surface area contributed by atoms with E-state index in [0.717, 1.165) is 0 Å². The largest absolute Gasteiger partial charge is 4.00 e. The normalized spacial score (nSPS) is 4.36. The van der Waals surface area contributed by atoms with Crippen LogP contribution in [0, 0.1) is 39.9 Å². The van der Waals surface area contributed by atoms with Crippen molar-refractivity contribution >= 4 is 0 Å². The van der Waals surface area contributed by atoms with Gasteiger partial charge in [0.15, 0.2) is 0 Å². The van der Waals surface area contributed by atoms with Gasteiger partial charge in [-0.15, -0.1) is 0 Å². The van der Waals surface area contributed by atoms with Crippen molar-refractivity contribution in [2.45, 2.75) is 0 Å². The Morgan fingerprint density at radius 2 is 0.455 bits per heavy atom. The smallest absolute Gasteiger partial charge is 1.00 e. The molecule has 0 nitrogen and oxygen atoms in total. The summed E-state index contributed by atoms with van der Waals surface area (Å²) in [6.07, 6.45) is 0. The molecule has 0 aliphatic carbocycles. The molecule has 11 heavy (non-hydrogen) atoms. The molecule has 0 saturated heterocycles. The number of hydrogen-bond donors (Lipinski definition) is 0. The van der Waals surface area contributed by atoms with Gasteiger partial charge in [-0.25, -0.2) is 0 Å². The first-order chi connectivity index (χ1) is 3.00. The van der Waals surface area contributed by atoms with Crippen LogP contribution < -0.4 is 49.6 Å². The van der Waals surface area contributed by atoms with Gasteiger partial charge in [0.25, 0.3) is 0 Å². The van der Waals surface area contributed by atoms with Gasteiger partial charge >= 0.3 is 39.9 Å². The molecular weight excluding hydrogens is 446 g/mol. The number of rotatable bonds is 0. The molecule has 0 radical (unpaired) electrons. The molecule has 1 rings (SSSR count). The molecular formula is C6H6Cl4Th. The van der Waals surface area contributed by atoms with Crippen LogP contribution in [0.25, 0.3) is 0 Å². The molecule has 0 unspecified atom stereocenters. The predicted octanol–water partition coefficient (Wildman–Crippen LogP) is -10.3. The molecule has 0 aliphatic heterocycles. The van der Waals surface area contributed by atoms with Crippen LogP contribution >= 0.6 is 0 Å². The van der Waals surface area contributed by atoms with Crippen LogP contribution in [0.15, 0.2) is 36.4 Å². The van der Waals surface area contributed by atoms with Gasteiger partial charge in [-0.1, -0.05) is 36.4 Å². The van der Waals surface area contributed by atoms with E-state index in [1.165, 1.54) is 0 Å². The predicted molar refractivity (Wildman–Crippen MR) is 26.4 cm³/mol. The molecule has 0 bridgehead atoms. The Hall–Kier alpha value is 1.70. The van der Waals surface area contributed by atoms with Crippen LogP contribution in [0.3, 0.4) is 0 Å². The van der Waals surface area contributed by atoms with E-state index in [0.29, 0.717) is 0 Å². The summed E-state index contributed by atoms with van der Waals surface area (Å²) in [5.41, 5.74) is 0. The van der Waals surface area contributed by atoms with Crippen molar-refractivity contribution in [1.82, 2.24) is 0 Å². The van der Waals surface area contributed by atoms with E-state index in [4.69, 9.17) is 0 Å². The SMILES string of the molecule is [Cl-].[Cl-].[Cl-].[Cl-].[Th+4].c1ccccc1. The standard InChI is InChI=1S/C6H6.4ClH.Th/c1-2-4-6-5-3-1;;;;;/h1-6H;4*1H;/q;;;;;+4/p-4. The molecule has 1 aromatic rings. The summed E-state index contributed by atoms with van der Waals surface area (Å²) in [4.78, 5) is 0. The Morgan fingerprint density at radius 1 is 0.364 bits per heavy atom. The zero-order chi connectivity index (χ0) is 4.24. The van der Waals surface area contributed by atoms with E-state index in [-0.39, 0.29) is 89.6 Å². The number of halogens is 4. The van der Waals surface area contributed by atoms with Gasteiger partial charge in [0, 0.05) is 0 Å². The second-order valence-corrected chi connectivity index (χ2v) is 1.15. The average molecular weight is 452 g/mol. The molecule has 0 fully saturated rings. The van der Waals surface area contributed by atoms with Gasteiger partial charge < -0.3 is 49.6 Å². The van der Waals surface area contributed by atoms with E-state index in [2.05, 4.69) is 0 Å². The monoisotopic (exact) mass is 450 g/mol. The van der Waals surface area contributed by atoms with Gasteiger partial charge in [-0.05, 0) is 0 Å². The summed E-state index contributed by atoms with van der Waals surface area (Å²) < 4.78 is 0. The van der Waals surface area contributed by atoms with Gasteiger partial charge in [0.05, 0.1) is 0 Å². The van der Waals surface area contributed by atoms with Crippen LogP contribution in [-0.4, -0.2) is 0 Å². The Morgan fingerprint density at radius 3 is 0.545 bits per heavy atom. The maximum absolute atomic E-state index is 2.00. The first kappa shape index (κ1) is 29.3. The Bertz CT molecular complexity index is 86.5. The summed E-state index contributed by atoms with van der Waals surface area (Å²) in [5.74, 6) is 0. The van der Waals surface area contributed by atoms with Crippen LogP contribution in [0.1, 0.15) is 0 Å². The van der Waals surface area contributed by atoms with Crippen LogP contribution in [0.4, 0.5) is 0 Å². The second kappa shape index (κ2) is 22.6. The number of benzene rings is 1. The third kappa shape index (κ3) is 18.6. The summed E-state index contributed by atoms with van der Waals surface area (Å²) >= 11 is 0. The summed E-state index contributed by atoms with van der Waals surface area (Å²) in [6.45, 7) is 0. The van der Waals surface area contributed by atoms with E-state index >= 15 is 0 Å². The molecule has 0 amide bonds. The Kier molecular flexibility index (Phi) is 60.2. The fourth-order valence-corrected chi connectivity index (χ4v) is 0.385. The van der Waals surface area contributed by atoms with Gasteiger partial charge in [0.2, 0.25) is 0 Å². The molecule has 0 N–H and O–H groups in total. The molecule has 0 aliphatic rings. The van der Waals surface area contributed by atoms with E-state index in [1.807, 2.05) is 36.4 Å². The molecule has 62 valence electrons. The van der Waals surface area contributed by atoms with Gasteiger partial charge in [-0.3, -0.25) is 0 Å². The van der Waals surface area contributed by atoms with Crippen molar-refractivity contribution in [2.24, 2.45) is 0 Å². The fraction of sp³-hybridized carbons (Fsp3) is 0. The fourth-order valence-electron chi connectivity index (χ4n) is 0.385. The zero-order valence-electron chi connectivity index (χ0n) is 5.48. The number of hydrogen-bond acceptors (Lipinski definition) is 0. The van der Waals surface area contributed by atoms with Crippen LogP contribution in [0.2, 0.25) is 0 Å². The Balaban J connectivity index is -0.0000000240. The van der Waals surface area contributed by atoms with Crippen molar-refractivity contribution in [3.8, 4) is 0 Å². The molecule has 0 aromatic heterocycles. The van der Waals surface area contributed by atoms with E-state index in [1.54, 1.807) is 0 Å². The van der Waals surface area contributed by atoms with Crippen molar-refractivity contribution < 1.29 is 89.6 Å². The maximum atomic E-state index is 2.00. The van der Waals surface area contributed by atoms with Crippen LogP contribution in [-0.2, 0) is 0 Å². The van der Waals surface area contributed by atoms with E-state index < -0.39 is 0 Å². The average Bonchev–Trinajstić information content (AvgIpc) is 1.72. The topological polar surface area (TPSA) is 0 Å². The third-order valence-corrected chi connectivity index (χ3v) is 0.667. The minimum absolute atomic E-state index is 0. The van der Waals surface area contributed by atoms with Crippen molar-refractivity contribution in [2.75, 3.05) is 0 Å². The molecule has 0 atom stereocenters. The minimum Gasteiger partial charge on any atom is -1.00 e. The molecule has 0 spiro atoms. The van der Waals surface area contributed by atoms with E-state index in [9.17, 15) is 0 Å². The molecule has 0 heterocycles. The maximum Gasteiger partial charge on any atom is 4.00 e. The molecule has 0 saturated carbocycles. The van der Waals surface area contributed by atoms with Gasteiger partial charge in [-0.2, -0.15) is 0 Å². The minimum atomic E-state index is 0. The first-order valence-electron chi connectivity index (χ1n) is 2.00. The quantitative estimate of drug-likeness (QED) is 0.367. The molecule has 5 heteroatoms. The second-order valence-electron chi connectivity index (χ2n) is 1.15. The summed E-state index contributed by atoms with van der Waals surface area (Å²) in [7, 11) is 0. The van der Waals surface area contributed by atoms with Crippen molar-refractivity contribution in [3.05, 3.63) is 36.4 Å². The Labute approximate surface area is 124 Å². The van der Waals surface area contributed by atoms with Crippen molar-refractivity contribution in [1.29, 1.82) is 0 Å². The summed E-state index contributed by atoms with van der Waals surface area (Å²) in [5, 5.41) is 0. The zero-order valence-corrected chi connectivity index (χ0v) is 12.6. The summed E-state index contributed by atoms with van der Waals surface area (Å²) in [6, 6.07) is 12.0.